The van der Waals surface area contributed by atoms with Gasteiger partial charge in [0.15, 0.2) is 0 Å². The van der Waals surface area contributed by atoms with Crippen molar-refractivity contribution in [3.05, 3.63) is 24.0 Å². The Morgan fingerprint density at radius 1 is 1.48 bits per heavy atom. The lowest BCUT2D eigenvalue weighted by Crippen LogP contribution is -2.52. The number of carbonyl (C=O) groups is 1. The molecule has 23 heavy (non-hydrogen) atoms. The number of aliphatic hydroxyl groups is 1. The molecule has 0 saturated carbocycles. The highest BCUT2D eigenvalue weighted by molar-refractivity contribution is 5.69. The standard InChI is InChI=1S/C16H24N2O5/c1-16(2,3)23-15(20)18-5-6-22-10-13(18)14(19)11-7-12(21-4)9-17-8-11/h7-9,13-14,19H,5-6,10H2,1-4H3. The summed E-state index contributed by atoms with van der Waals surface area (Å²) in [7, 11) is 1.53. The van der Waals surface area contributed by atoms with Gasteiger partial charge < -0.3 is 19.3 Å². The fourth-order valence-electron chi connectivity index (χ4n) is 2.36. The van der Waals surface area contributed by atoms with E-state index in [1.54, 1.807) is 18.5 Å². The summed E-state index contributed by atoms with van der Waals surface area (Å²) >= 11 is 0. The third kappa shape index (κ3) is 4.56. The van der Waals surface area contributed by atoms with Crippen molar-refractivity contribution in [1.29, 1.82) is 0 Å². The van der Waals surface area contributed by atoms with Crippen LogP contribution in [0.5, 0.6) is 5.75 Å². The summed E-state index contributed by atoms with van der Waals surface area (Å²) in [5.74, 6) is 0.544. The summed E-state index contributed by atoms with van der Waals surface area (Å²) < 4.78 is 16.0. The topological polar surface area (TPSA) is 81.1 Å². The summed E-state index contributed by atoms with van der Waals surface area (Å²) in [4.78, 5) is 17.9. The average Bonchev–Trinajstić information content (AvgIpc) is 2.52. The average molecular weight is 324 g/mol. The molecule has 1 aliphatic rings. The predicted molar refractivity (Wildman–Crippen MR) is 83.3 cm³/mol. The third-order valence-electron chi connectivity index (χ3n) is 3.47. The van der Waals surface area contributed by atoms with Crippen LogP contribution in [0.15, 0.2) is 18.5 Å². The second-order valence-corrected chi connectivity index (χ2v) is 6.42. The monoisotopic (exact) mass is 324 g/mol. The van der Waals surface area contributed by atoms with E-state index in [0.29, 0.717) is 24.5 Å². The molecular weight excluding hydrogens is 300 g/mol. The second-order valence-electron chi connectivity index (χ2n) is 6.42. The number of aromatic nitrogens is 1. The number of rotatable bonds is 3. The van der Waals surface area contributed by atoms with Gasteiger partial charge in [-0.05, 0) is 26.8 Å². The maximum Gasteiger partial charge on any atom is 0.410 e. The van der Waals surface area contributed by atoms with Gasteiger partial charge in [-0.3, -0.25) is 9.88 Å². The van der Waals surface area contributed by atoms with E-state index >= 15 is 0 Å². The highest BCUT2D eigenvalue weighted by Gasteiger charge is 2.36. The molecule has 2 heterocycles. The normalized spacial score (nSPS) is 20.0. The molecule has 0 bridgehead atoms. The first-order valence-electron chi connectivity index (χ1n) is 7.56. The van der Waals surface area contributed by atoms with Crippen LogP contribution in [-0.4, -0.2) is 59.6 Å². The number of ether oxygens (including phenoxy) is 3. The number of pyridine rings is 1. The Labute approximate surface area is 136 Å². The molecule has 1 aromatic heterocycles. The van der Waals surface area contributed by atoms with Crippen LogP contribution in [0, 0.1) is 0 Å². The van der Waals surface area contributed by atoms with Gasteiger partial charge >= 0.3 is 6.09 Å². The van der Waals surface area contributed by atoms with Crippen LogP contribution >= 0.6 is 0 Å². The van der Waals surface area contributed by atoms with Gasteiger partial charge in [0, 0.05) is 18.3 Å². The number of morpholine rings is 1. The number of hydrogen-bond donors (Lipinski definition) is 1. The smallest absolute Gasteiger partial charge is 0.410 e. The van der Waals surface area contributed by atoms with Crippen LogP contribution in [0.2, 0.25) is 0 Å². The molecule has 0 aliphatic carbocycles. The van der Waals surface area contributed by atoms with Crippen LogP contribution in [-0.2, 0) is 9.47 Å². The molecule has 0 spiro atoms. The Morgan fingerprint density at radius 3 is 2.87 bits per heavy atom. The first kappa shape index (κ1) is 17.5. The highest BCUT2D eigenvalue weighted by Crippen LogP contribution is 2.26. The maximum absolute atomic E-state index is 12.4. The van der Waals surface area contributed by atoms with Crippen LogP contribution < -0.4 is 4.74 Å². The largest absolute Gasteiger partial charge is 0.495 e. The first-order chi connectivity index (χ1) is 10.8. The molecule has 128 valence electrons. The van der Waals surface area contributed by atoms with Crippen LogP contribution in [0.1, 0.15) is 32.4 Å². The zero-order valence-corrected chi connectivity index (χ0v) is 14.0. The van der Waals surface area contributed by atoms with E-state index in [0.717, 1.165) is 0 Å². The van der Waals surface area contributed by atoms with E-state index in [1.807, 2.05) is 20.8 Å². The molecule has 2 atom stereocenters. The predicted octanol–water partition coefficient (Wildman–Crippen LogP) is 1.76. The molecule has 1 aliphatic heterocycles. The molecule has 0 radical (unpaired) electrons. The Hall–Kier alpha value is -1.86. The molecule has 0 aromatic carbocycles. The fourth-order valence-corrected chi connectivity index (χ4v) is 2.36. The van der Waals surface area contributed by atoms with Crippen LogP contribution in [0.25, 0.3) is 0 Å². The summed E-state index contributed by atoms with van der Waals surface area (Å²) in [5.41, 5.74) is -0.0315. The highest BCUT2D eigenvalue weighted by atomic mass is 16.6. The molecule has 1 amide bonds. The van der Waals surface area contributed by atoms with E-state index in [2.05, 4.69) is 4.98 Å². The molecule has 1 aromatic rings. The third-order valence-corrected chi connectivity index (χ3v) is 3.47. The maximum atomic E-state index is 12.4. The Bertz CT molecular complexity index is 544. The fraction of sp³-hybridized carbons (Fsp3) is 0.625. The Balaban J connectivity index is 2.18. The number of methoxy groups -OCH3 is 1. The van der Waals surface area contributed by atoms with Crippen molar-refractivity contribution in [2.75, 3.05) is 26.9 Å². The van der Waals surface area contributed by atoms with Gasteiger partial charge in [0.25, 0.3) is 0 Å². The molecular formula is C16H24N2O5. The van der Waals surface area contributed by atoms with Crippen molar-refractivity contribution in [2.24, 2.45) is 0 Å². The van der Waals surface area contributed by atoms with Crippen molar-refractivity contribution < 1.29 is 24.1 Å². The molecule has 2 unspecified atom stereocenters. The van der Waals surface area contributed by atoms with Gasteiger partial charge in [-0.15, -0.1) is 0 Å². The molecule has 7 heteroatoms. The summed E-state index contributed by atoms with van der Waals surface area (Å²) in [6, 6.07) is 1.16. The molecule has 1 saturated heterocycles. The summed E-state index contributed by atoms with van der Waals surface area (Å²) in [6.45, 7) is 6.44. The van der Waals surface area contributed by atoms with E-state index in [4.69, 9.17) is 14.2 Å². The van der Waals surface area contributed by atoms with Gasteiger partial charge in [-0.2, -0.15) is 0 Å². The van der Waals surface area contributed by atoms with E-state index in [9.17, 15) is 9.90 Å². The number of hydrogen-bond acceptors (Lipinski definition) is 6. The lowest BCUT2D eigenvalue weighted by Gasteiger charge is -2.38. The summed E-state index contributed by atoms with van der Waals surface area (Å²) in [5, 5.41) is 10.7. The molecule has 1 N–H and O–H groups in total. The van der Waals surface area contributed by atoms with Gasteiger partial charge in [0.2, 0.25) is 0 Å². The van der Waals surface area contributed by atoms with E-state index < -0.39 is 23.8 Å². The zero-order chi connectivity index (χ0) is 17.0. The first-order valence-corrected chi connectivity index (χ1v) is 7.56. The summed E-state index contributed by atoms with van der Waals surface area (Å²) in [6.07, 6.45) is 1.71. The van der Waals surface area contributed by atoms with Gasteiger partial charge in [-0.1, -0.05) is 0 Å². The van der Waals surface area contributed by atoms with Crippen LogP contribution in [0.4, 0.5) is 4.79 Å². The molecule has 7 nitrogen and oxygen atoms in total. The van der Waals surface area contributed by atoms with Crippen molar-refractivity contribution in [1.82, 2.24) is 9.88 Å². The molecule has 2 rings (SSSR count). The lowest BCUT2D eigenvalue weighted by molar-refractivity contribution is -0.0673. The minimum atomic E-state index is -0.939. The lowest BCUT2D eigenvalue weighted by atomic mass is 10.0. The number of nitrogens with zero attached hydrogens (tertiary/aromatic N) is 2. The minimum absolute atomic E-state index is 0.234. The van der Waals surface area contributed by atoms with Crippen molar-refractivity contribution in [3.8, 4) is 5.75 Å². The second kappa shape index (κ2) is 7.14. The SMILES string of the molecule is COc1cncc(C(O)C2COCCN2C(=O)OC(C)(C)C)c1. The Kier molecular flexibility index (Phi) is 5.43. The quantitative estimate of drug-likeness (QED) is 0.912. The van der Waals surface area contributed by atoms with Crippen molar-refractivity contribution in [2.45, 2.75) is 38.5 Å². The van der Waals surface area contributed by atoms with Crippen molar-refractivity contribution >= 4 is 6.09 Å². The van der Waals surface area contributed by atoms with Crippen LogP contribution in [0.3, 0.4) is 0 Å². The minimum Gasteiger partial charge on any atom is -0.495 e. The van der Waals surface area contributed by atoms with Gasteiger partial charge in [0.05, 0.1) is 32.6 Å². The Morgan fingerprint density at radius 2 is 2.22 bits per heavy atom. The number of carbonyl (C=O) groups excluding carboxylic acids is 1. The zero-order valence-electron chi connectivity index (χ0n) is 14.0. The van der Waals surface area contributed by atoms with Gasteiger partial charge in [-0.25, -0.2) is 4.79 Å². The number of amides is 1. The van der Waals surface area contributed by atoms with E-state index in [-0.39, 0.29) is 6.61 Å². The van der Waals surface area contributed by atoms with E-state index in [1.165, 1.54) is 12.0 Å². The van der Waals surface area contributed by atoms with Gasteiger partial charge in [0.1, 0.15) is 17.5 Å². The number of aliphatic hydroxyl groups excluding tert-OH is 1. The molecule has 1 fully saturated rings. The van der Waals surface area contributed by atoms with Crippen molar-refractivity contribution in [3.63, 3.8) is 0 Å².